The van der Waals surface area contributed by atoms with E-state index in [2.05, 4.69) is 4.98 Å². The first-order valence-corrected chi connectivity index (χ1v) is 10.8. The van der Waals surface area contributed by atoms with Crippen LogP contribution in [0, 0.1) is 5.82 Å². The first kappa shape index (κ1) is 18.1. The van der Waals surface area contributed by atoms with Gasteiger partial charge < -0.3 is 4.98 Å². The number of aromatic nitrogens is 3. The average molecular weight is 411 g/mol. The van der Waals surface area contributed by atoms with Crippen molar-refractivity contribution in [3.05, 3.63) is 89.9 Å². The van der Waals surface area contributed by atoms with Crippen LogP contribution in [0.1, 0.15) is 22.9 Å². The van der Waals surface area contributed by atoms with Crippen LogP contribution in [0.25, 0.3) is 10.9 Å². The maximum absolute atomic E-state index is 14.1. The Morgan fingerprint density at radius 1 is 1.17 bits per heavy atom. The second kappa shape index (κ2) is 6.53. The molecule has 1 atom stereocenters. The Balaban J connectivity index is 1.73. The lowest BCUT2D eigenvalue weighted by Crippen LogP contribution is -2.43. The minimum atomic E-state index is -3.84. The molecule has 0 fully saturated rings. The van der Waals surface area contributed by atoms with E-state index < -0.39 is 22.1 Å². The normalized spacial score (nSPS) is 17.5. The summed E-state index contributed by atoms with van der Waals surface area (Å²) in [5.41, 5.74) is 3.42. The van der Waals surface area contributed by atoms with E-state index in [0.717, 1.165) is 22.2 Å². The van der Waals surface area contributed by atoms with Crippen molar-refractivity contribution in [2.24, 2.45) is 7.05 Å². The van der Waals surface area contributed by atoms with Crippen molar-refractivity contribution in [1.82, 2.24) is 13.3 Å². The number of para-hydroxylation sites is 1. The number of aromatic amines is 1. The first-order valence-electron chi connectivity index (χ1n) is 9.35. The summed E-state index contributed by atoms with van der Waals surface area (Å²) in [5.74, 6) is -0.393. The Labute approximate surface area is 168 Å². The molecule has 0 saturated carbocycles. The van der Waals surface area contributed by atoms with Gasteiger partial charge in [0.05, 0.1) is 13.1 Å². The van der Waals surface area contributed by atoms with Crippen molar-refractivity contribution in [3.63, 3.8) is 0 Å². The van der Waals surface area contributed by atoms with Gasteiger partial charge in [0.2, 0.25) is 0 Å². The Morgan fingerprint density at radius 3 is 2.76 bits per heavy atom. The monoisotopic (exact) mass is 411 g/mol. The van der Waals surface area contributed by atoms with Crippen molar-refractivity contribution in [3.8, 4) is 0 Å². The van der Waals surface area contributed by atoms with Crippen LogP contribution in [-0.4, -0.2) is 28.2 Å². The van der Waals surface area contributed by atoms with E-state index in [1.54, 1.807) is 29.9 Å². The second-order valence-electron chi connectivity index (χ2n) is 7.30. The third-order valence-electron chi connectivity index (χ3n) is 5.46. The van der Waals surface area contributed by atoms with Crippen LogP contribution in [0.3, 0.4) is 0 Å². The van der Waals surface area contributed by atoms with Crippen LogP contribution in [0.15, 0.2) is 67.3 Å². The molecule has 2 aromatic heterocycles. The van der Waals surface area contributed by atoms with Gasteiger partial charge in [-0.3, -0.25) is 0 Å². The molecule has 4 aromatic rings. The van der Waals surface area contributed by atoms with Gasteiger partial charge in [-0.25, -0.2) is 8.96 Å². The topological polar surface area (TPSA) is 62.0 Å². The Morgan fingerprint density at radius 2 is 2.00 bits per heavy atom. The molecule has 0 saturated heterocycles. The second-order valence-corrected chi connectivity index (χ2v) is 9.08. The molecular formula is C21H20FN4O2S+. The highest BCUT2D eigenvalue weighted by molar-refractivity contribution is 7.87. The molecule has 0 spiro atoms. The Bertz CT molecular complexity index is 1330. The van der Waals surface area contributed by atoms with Gasteiger partial charge in [-0.2, -0.15) is 12.7 Å². The molecule has 0 bridgehead atoms. The lowest BCUT2D eigenvalue weighted by molar-refractivity contribution is -0.670. The van der Waals surface area contributed by atoms with E-state index in [1.165, 1.54) is 32.9 Å². The fourth-order valence-corrected chi connectivity index (χ4v) is 5.70. The summed E-state index contributed by atoms with van der Waals surface area (Å²) in [6, 6.07) is 13.4. The number of hydrogen-bond donors (Lipinski definition) is 1. The molecule has 0 aliphatic carbocycles. The summed E-state index contributed by atoms with van der Waals surface area (Å²) in [6.45, 7) is 0.306. The van der Waals surface area contributed by atoms with Crippen LogP contribution in [0.2, 0.25) is 0 Å². The zero-order chi connectivity index (χ0) is 20.2. The third-order valence-corrected chi connectivity index (χ3v) is 7.20. The third kappa shape index (κ3) is 2.87. The number of nitrogens with one attached hydrogen (secondary N) is 1. The summed E-state index contributed by atoms with van der Waals surface area (Å²) < 4.78 is 45.3. The number of benzene rings is 2. The molecule has 1 aliphatic heterocycles. The number of halogens is 1. The largest absolute Gasteiger partial charge is 0.380 e. The maximum Gasteiger partial charge on any atom is 0.380 e. The van der Waals surface area contributed by atoms with Crippen LogP contribution < -0.4 is 4.57 Å². The molecule has 1 N–H and O–H groups in total. The van der Waals surface area contributed by atoms with Gasteiger partial charge in [-0.05, 0) is 35.7 Å². The minimum Gasteiger partial charge on any atom is -0.357 e. The summed E-state index contributed by atoms with van der Waals surface area (Å²) in [7, 11) is -2.08. The molecule has 8 heteroatoms. The van der Waals surface area contributed by atoms with E-state index in [4.69, 9.17) is 0 Å². The Kier molecular flexibility index (Phi) is 4.07. The number of fused-ring (bicyclic) bond motifs is 3. The van der Waals surface area contributed by atoms with Gasteiger partial charge in [0.15, 0.2) is 0 Å². The lowest BCUT2D eigenvalue weighted by atomic mass is 9.94. The summed E-state index contributed by atoms with van der Waals surface area (Å²) in [4.78, 5) is 3.40. The van der Waals surface area contributed by atoms with Crippen molar-refractivity contribution >= 4 is 21.1 Å². The zero-order valence-corrected chi connectivity index (χ0v) is 16.6. The van der Waals surface area contributed by atoms with E-state index in [-0.39, 0.29) is 0 Å². The lowest BCUT2D eigenvalue weighted by Gasteiger charge is -2.33. The molecule has 0 amide bonds. The van der Waals surface area contributed by atoms with Gasteiger partial charge in [-0.15, -0.1) is 3.97 Å². The SMILES string of the molecule is C[n+]1ccn(S(=O)(=O)N2CCc3c([nH]c4ccccc34)C2c2cccc(F)c2)c1. The van der Waals surface area contributed by atoms with Gasteiger partial charge in [-0.1, -0.05) is 30.3 Å². The highest BCUT2D eigenvalue weighted by atomic mass is 32.2. The molecule has 5 rings (SSSR count). The quantitative estimate of drug-likeness (QED) is 0.527. The molecule has 1 aliphatic rings. The zero-order valence-electron chi connectivity index (χ0n) is 15.8. The predicted octanol–water partition coefficient (Wildman–Crippen LogP) is 2.67. The Hall–Kier alpha value is -2.97. The van der Waals surface area contributed by atoms with E-state index in [0.29, 0.717) is 18.5 Å². The summed E-state index contributed by atoms with van der Waals surface area (Å²) in [5, 5.41) is 1.08. The predicted molar refractivity (Wildman–Crippen MR) is 107 cm³/mol. The smallest absolute Gasteiger partial charge is 0.357 e. The highest BCUT2D eigenvalue weighted by Crippen LogP contribution is 2.40. The van der Waals surface area contributed by atoms with Crippen LogP contribution in [0.4, 0.5) is 4.39 Å². The fraction of sp³-hybridized carbons (Fsp3) is 0.190. The standard InChI is InChI=1S/C21H20FN4O2S/c1-24-11-12-25(14-24)29(27,28)26-10-9-18-17-7-2-3-8-19(17)23-20(18)21(26)15-5-4-6-16(22)13-15/h2-8,11-14,21,23H,9-10H2,1H3/q+1. The minimum absolute atomic E-state index is 0.306. The molecule has 2 aromatic carbocycles. The average Bonchev–Trinajstić information content (AvgIpc) is 3.31. The highest BCUT2D eigenvalue weighted by Gasteiger charge is 2.41. The first-order chi connectivity index (χ1) is 13.9. The molecule has 0 radical (unpaired) electrons. The number of imidazole rings is 1. The van der Waals surface area contributed by atoms with Gasteiger partial charge in [0.1, 0.15) is 18.2 Å². The van der Waals surface area contributed by atoms with E-state index in [9.17, 15) is 12.8 Å². The van der Waals surface area contributed by atoms with Crippen molar-refractivity contribution in [2.75, 3.05) is 6.54 Å². The number of H-pyrrole nitrogens is 1. The molecule has 3 heterocycles. The molecule has 1 unspecified atom stereocenters. The van der Waals surface area contributed by atoms with Crippen molar-refractivity contribution in [1.29, 1.82) is 0 Å². The number of rotatable bonds is 3. The number of hydrogen-bond acceptors (Lipinski definition) is 2. The maximum atomic E-state index is 14.1. The van der Waals surface area contributed by atoms with E-state index in [1.807, 2.05) is 24.3 Å². The summed E-state index contributed by atoms with van der Waals surface area (Å²) in [6.07, 6.45) is 5.28. The summed E-state index contributed by atoms with van der Waals surface area (Å²) >= 11 is 0. The van der Waals surface area contributed by atoms with Gasteiger partial charge >= 0.3 is 10.2 Å². The van der Waals surface area contributed by atoms with Crippen molar-refractivity contribution < 1.29 is 17.4 Å². The number of aryl methyl sites for hydroxylation is 1. The van der Waals surface area contributed by atoms with Crippen LogP contribution in [0.5, 0.6) is 0 Å². The van der Waals surface area contributed by atoms with Crippen molar-refractivity contribution in [2.45, 2.75) is 12.5 Å². The molecule has 148 valence electrons. The molecule has 6 nitrogen and oxygen atoms in total. The van der Waals surface area contributed by atoms with E-state index >= 15 is 0 Å². The molecular weight excluding hydrogens is 391 g/mol. The van der Waals surface area contributed by atoms with Crippen LogP contribution in [-0.2, 0) is 23.7 Å². The molecule has 29 heavy (non-hydrogen) atoms. The fourth-order valence-electron chi connectivity index (χ4n) is 4.16. The van der Waals surface area contributed by atoms with Gasteiger partial charge in [0.25, 0.3) is 6.33 Å². The number of nitrogens with zero attached hydrogens (tertiary/aromatic N) is 3. The van der Waals surface area contributed by atoms with Crippen LogP contribution >= 0.6 is 0 Å². The van der Waals surface area contributed by atoms with Gasteiger partial charge in [0, 0.05) is 23.1 Å².